The molecule has 11 heteroatoms. The summed E-state index contributed by atoms with van der Waals surface area (Å²) in [5, 5.41) is 16.1. The Bertz CT molecular complexity index is 2110. The Kier molecular flexibility index (Phi) is 14.5. The molecule has 0 amide bonds. The number of aromatic amines is 1. The van der Waals surface area contributed by atoms with Crippen LogP contribution in [0.5, 0.6) is 11.5 Å². The topological polar surface area (TPSA) is 135 Å². The highest BCUT2D eigenvalue weighted by Gasteiger charge is 2.27. The van der Waals surface area contributed by atoms with Gasteiger partial charge in [0.25, 0.3) is 0 Å². The molecule has 4 heterocycles. The zero-order chi connectivity index (χ0) is 41.2. The van der Waals surface area contributed by atoms with Crippen LogP contribution in [0.2, 0.25) is 0 Å². The first-order valence-electron chi connectivity index (χ1n) is 20.8. The van der Waals surface area contributed by atoms with Gasteiger partial charge in [-0.25, -0.2) is 0 Å². The number of aromatic nitrogens is 2. The van der Waals surface area contributed by atoms with Crippen molar-refractivity contribution in [2.75, 3.05) is 38.8 Å². The number of phenolic OH excluding ortho intramolecular Hbond substituents is 1. The first kappa shape index (κ1) is 42.3. The number of carbonyl (C=O) groups is 3. The number of ketones is 2. The van der Waals surface area contributed by atoms with Crippen molar-refractivity contribution in [3.05, 3.63) is 101 Å². The number of ether oxygens (including phenoxy) is 3. The van der Waals surface area contributed by atoms with E-state index >= 15 is 0 Å². The maximum Gasteiger partial charge on any atom is 0.302 e. The Balaban J connectivity index is 1.49. The average Bonchev–Trinajstić information content (AvgIpc) is 3.85. The van der Waals surface area contributed by atoms with Gasteiger partial charge in [0.15, 0.2) is 11.5 Å². The lowest BCUT2D eigenvalue weighted by atomic mass is 9.84. The van der Waals surface area contributed by atoms with Crippen LogP contribution in [0.4, 0.5) is 5.69 Å². The lowest BCUT2D eigenvalue weighted by Crippen LogP contribution is -2.36. The summed E-state index contributed by atoms with van der Waals surface area (Å²) < 4.78 is 18.9. The minimum Gasteiger partial charge on any atom is -0.504 e. The summed E-state index contributed by atoms with van der Waals surface area (Å²) >= 11 is 0. The molecule has 3 N–H and O–H groups in total. The highest BCUT2D eigenvalue weighted by molar-refractivity contribution is 5.95. The smallest absolute Gasteiger partial charge is 0.302 e. The molecule has 0 radical (unpaired) electrons. The molecule has 11 nitrogen and oxygen atoms in total. The summed E-state index contributed by atoms with van der Waals surface area (Å²) in [6, 6.07) is 10.9. The number of methoxy groups -OCH3 is 2. The van der Waals surface area contributed by atoms with E-state index in [0.29, 0.717) is 44.2 Å². The van der Waals surface area contributed by atoms with E-state index in [1.165, 1.54) is 30.7 Å². The van der Waals surface area contributed by atoms with Crippen molar-refractivity contribution < 1.29 is 33.7 Å². The van der Waals surface area contributed by atoms with Gasteiger partial charge < -0.3 is 39.1 Å². The summed E-state index contributed by atoms with van der Waals surface area (Å²) in [7, 11) is 3.26. The van der Waals surface area contributed by atoms with Crippen LogP contribution in [0, 0.1) is 11.8 Å². The van der Waals surface area contributed by atoms with Crippen LogP contribution >= 0.6 is 0 Å². The first-order chi connectivity index (χ1) is 28.1. The van der Waals surface area contributed by atoms with Crippen molar-refractivity contribution in [2.24, 2.45) is 11.8 Å². The largest absolute Gasteiger partial charge is 0.504 e. The van der Waals surface area contributed by atoms with Crippen molar-refractivity contribution >= 4 is 34.0 Å². The number of nitrogens with zero attached hydrogens (tertiary/aromatic N) is 2. The van der Waals surface area contributed by atoms with E-state index in [-0.39, 0.29) is 36.1 Å². The van der Waals surface area contributed by atoms with E-state index in [4.69, 9.17) is 14.2 Å². The van der Waals surface area contributed by atoms with Crippen LogP contribution in [0.25, 0.3) is 10.8 Å². The lowest BCUT2D eigenvalue weighted by molar-refractivity contribution is -0.148. The van der Waals surface area contributed by atoms with Gasteiger partial charge in [0.05, 0.1) is 18.8 Å². The van der Waals surface area contributed by atoms with Gasteiger partial charge in [0, 0.05) is 88.6 Å². The summed E-state index contributed by atoms with van der Waals surface area (Å²) in [5.74, 6) is 1.51. The van der Waals surface area contributed by atoms with E-state index in [1.54, 1.807) is 26.2 Å². The van der Waals surface area contributed by atoms with Crippen LogP contribution < -0.4 is 15.0 Å². The van der Waals surface area contributed by atoms with E-state index in [1.807, 2.05) is 12.1 Å². The van der Waals surface area contributed by atoms with Crippen molar-refractivity contribution in [1.29, 1.82) is 0 Å². The highest BCUT2D eigenvalue weighted by Crippen LogP contribution is 2.38. The number of hydrogen-bond donors (Lipinski definition) is 3. The number of allylic oxidation sites excluding steroid dienone is 2. The van der Waals surface area contributed by atoms with E-state index < -0.39 is 18.1 Å². The number of anilines is 1. The fourth-order valence-electron chi connectivity index (χ4n) is 8.63. The number of carbonyl (C=O) groups excluding carboxylic acids is 3. The fourth-order valence-corrected chi connectivity index (χ4v) is 8.63. The normalized spacial score (nSPS) is 20.7. The SMILES string of the molecule is CC[C@@H]1CC[C@@H](OC(C)=O)CC(=O)C[C@H](c2ccc(O)c(OC)c2)n2cc3cccc(c3c2)N(CCC(C)=O)C2=CC(=CCN2)[C@H](CCCOC)Cc2c[nH]cc2C1. The quantitative estimate of drug-likeness (QED) is 0.101. The zero-order valence-corrected chi connectivity index (χ0v) is 34.7. The number of rotatable bonds is 11. The second-order valence-electron chi connectivity index (χ2n) is 15.9. The molecule has 0 aliphatic carbocycles. The number of phenols is 1. The molecule has 6 rings (SSSR count). The van der Waals surface area contributed by atoms with Gasteiger partial charge in [-0.2, -0.15) is 0 Å². The van der Waals surface area contributed by atoms with E-state index in [9.17, 15) is 19.5 Å². The standard InChI is InChI=1S/C47H60N4O7/c1-6-33-12-14-41(58-32(3)53)25-40(54)26-44(36-13-15-45(55)46(23-36)57-5)50-29-37-9-7-11-43(42(37)30-50)51(19-17-31(2)52)47-24-35(16-18-49-47)34(10-8-20-56-4)22-39-28-48-27-38(39)21-33/h7,9,11,13,15-16,23-24,27-30,33-34,41,44,48-49,55H,6,8,10,12,14,17-22,25-26H2,1-5H3/t33-,34-,41-,44-/m1/s1. The summed E-state index contributed by atoms with van der Waals surface area (Å²) in [6.45, 7) is 7.05. The van der Waals surface area contributed by atoms with Gasteiger partial charge in [-0.3, -0.25) is 14.4 Å². The van der Waals surface area contributed by atoms with Crippen LogP contribution in [0.1, 0.15) is 94.9 Å². The van der Waals surface area contributed by atoms with Crippen molar-refractivity contribution in [3.63, 3.8) is 0 Å². The number of H-pyrrole nitrogens is 1. The zero-order valence-electron chi connectivity index (χ0n) is 34.7. The molecule has 0 spiro atoms. The van der Waals surface area contributed by atoms with Crippen LogP contribution in [0.3, 0.4) is 0 Å². The van der Waals surface area contributed by atoms with Gasteiger partial charge >= 0.3 is 5.97 Å². The van der Waals surface area contributed by atoms with Gasteiger partial charge in [-0.05, 0) is 104 Å². The minimum atomic E-state index is -0.546. The first-order valence-corrected chi connectivity index (χ1v) is 20.8. The van der Waals surface area contributed by atoms with Gasteiger partial charge in [-0.1, -0.05) is 37.6 Å². The third-order valence-electron chi connectivity index (χ3n) is 11.8. The van der Waals surface area contributed by atoms with Gasteiger partial charge in [0.1, 0.15) is 23.5 Å². The van der Waals surface area contributed by atoms with E-state index in [2.05, 4.69) is 75.8 Å². The number of nitrogens with one attached hydrogen (secondary N) is 2. The second-order valence-corrected chi connectivity index (χ2v) is 15.9. The Morgan fingerprint density at radius 1 is 0.983 bits per heavy atom. The Morgan fingerprint density at radius 2 is 1.79 bits per heavy atom. The summed E-state index contributed by atoms with van der Waals surface area (Å²) in [4.78, 5) is 44.7. The molecule has 0 saturated heterocycles. The maximum absolute atomic E-state index is 14.2. The second kappa shape index (κ2) is 19.9. The van der Waals surface area contributed by atoms with Crippen molar-refractivity contribution in [3.8, 4) is 11.5 Å². The molecule has 2 aliphatic rings. The Morgan fingerprint density at radius 3 is 2.53 bits per heavy atom. The predicted molar refractivity (Wildman–Crippen MR) is 227 cm³/mol. The molecule has 0 unspecified atom stereocenters. The molecule has 2 aromatic carbocycles. The molecule has 0 saturated carbocycles. The number of esters is 1. The van der Waals surface area contributed by atoms with Crippen molar-refractivity contribution in [1.82, 2.24) is 14.9 Å². The molecule has 310 valence electrons. The highest BCUT2D eigenvalue weighted by atomic mass is 16.5. The number of aromatic hydroxyl groups is 1. The minimum absolute atomic E-state index is 0.0103. The number of hydrogen-bond acceptors (Lipinski definition) is 9. The third-order valence-corrected chi connectivity index (χ3v) is 11.8. The lowest BCUT2D eigenvalue weighted by Gasteiger charge is -2.32. The monoisotopic (exact) mass is 792 g/mol. The summed E-state index contributed by atoms with van der Waals surface area (Å²) in [6.07, 6.45) is 19.0. The van der Waals surface area contributed by atoms with E-state index in [0.717, 1.165) is 66.4 Å². The van der Waals surface area contributed by atoms with Gasteiger partial charge in [-0.15, -0.1) is 0 Å². The number of benzene rings is 2. The summed E-state index contributed by atoms with van der Waals surface area (Å²) in [5.41, 5.74) is 5.58. The molecule has 4 aromatic rings. The van der Waals surface area contributed by atoms with Crippen LogP contribution in [0.15, 0.2) is 84.7 Å². The van der Waals surface area contributed by atoms with Crippen LogP contribution in [-0.2, 0) is 36.7 Å². The maximum atomic E-state index is 14.2. The molecule has 0 fully saturated rings. The van der Waals surface area contributed by atoms with Crippen LogP contribution in [-0.4, -0.2) is 72.2 Å². The number of Topliss-reactive ketones (excluding diaryl/α,β-unsaturated/α-hetero) is 2. The number of fused-ring (bicyclic) bond motifs is 3. The predicted octanol–water partition coefficient (Wildman–Crippen LogP) is 8.36. The van der Waals surface area contributed by atoms with Crippen molar-refractivity contribution in [2.45, 2.75) is 97.1 Å². The number of dihydropyridines is 1. The Hall–Kier alpha value is -5.29. The fraction of sp³-hybridized carbons (Fsp3) is 0.468. The molecule has 2 aliphatic heterocycles. The molecule has 58 heavy (non-hydrogen) atoms. The average molecular weight is 793 g/mol. The molecular weight excluding hydrogens is 733 g/mol. The molecular formula is C47H60N4O7. The molecule has 4 atom stereocenters. The molecule has 4 bridgehead atoms. The molecule has 2 aromatic heterocycles. The Labute approximate surface area is 342 Å². The third kappa shape index (κ3) is 10.6. The van der Waals surface area contributed by atoms with Gasteiger partial charge in [0.2, 0.25) is 0 Å².